The number of aromatic hydroxyl groups is 1. The van der Waals surface area contributed by atoms with Crippen LogP contribution in [-0.2, 0) is 6.42 Å². The molecule has 27 heavy (non-hydrogen) atoms. The van der Waals surface area contributed by atoms with Gasteiger partial charge in [0.1, 0.15) is 34.3 Å². The van der Waals surface area contributed by atoms with Gasteiger partial charge < -0.3 is 23.7 Å². The molecular weight excluding hydrogens is 348 g/mol. The maximum absolute atomic E-state index is 13.3. The monoisotopic (exact) mass is 366 g/mol. The molecule has 6 heteroatoms. The highest BCUT2D eigenvalue weighted by molar-refractivity contribution is 5.90. The molecule has 0 saturated carbocycles. The molecule has 1 N–H and O–H groups in total. The third kappa shape index (κ3) is 2.44. The van der Waals surface area contributed by atoms with Crippen LogP contribution in [0.2, 0.25) is 0 Å². The number of fused-ring (bicyclic) bond motifs is 4. The van der Waals surface area contributed by atoms with Gasteiger partial charge in [0.25, 0.3) is 0 Å². The van der Waals surface area contributed by atoms with E-state index in [1.165, 1.54) is 12.3 Å². The largest absolute Gasteiger partial charge is 0.507 e. The molecule has 0 fully saturated rings. The molecule has 0 aliphatic carbocycles. The number of hydrogen-bond donors (Lipinski definition) is 1. The van der Waals surface area contributed by atoms with Crippen LogP contribution in [0.1, 0.15) is 25.8 Å². The Balaban J connectivity index is 1.76. The topological polar surface area (TPSA) is 78.1 Å². The first kappa shape index (κ1) is 16.1. The average Bonchev–Trinajstić information content (AvgIpc) is 3.08. The third-order valence-corrected chi connectivity index (χ3v) is 5.14. The van der Waals surface area contributed by atoms with Crippen LogP contribution in [0.4, 0.5) is 0 Å². The molecule has 3 aromatic rings. The van der Waals surface area contributed by atoms with Gasteiger partial charge >= 0.3 is 0 Å². The second-order valence-corrected chi connectivity index (χ2v) is 7.48. The fourth-order valence-corrected chi connectivity index (χ4v) is 3.65. The smallest absolute Gasteiger partial charge is 0.231 e. The number of benzene rings is 2. The van der Waals surface area contributed by atoms with Crippen LogP contribution in [-0.4, -0.2) is 17.5 Å². The first-order valence-electron chi connectivity index (χ1n) is 8.82. The molecule has 0 spiro atoms. The van der Waals surface area contributed by atoms with Crippen molar-refractivity contribution in [3.8, 4) is 34.1 Å². The van der Waals surface area contributed by atoms with Crippen molar-refractivity contribution < 1.29 is 23.7 Å². The van der Waals surface area contributed by atoms with Crippen LogP contribution in [0.15, 0.2) is 39.7 Å². The van der Waals surface area contributed by atoms with Crippen molar-refractivity contribution in [3.63, 3.8) is 0 Å². The fraction of sp³-hybridized carbons (Fsp3) is 0.286. The zero-order chi connectivity index (χ0) is 18.8. The standard InChI is InChI=1S/C21H18O6/c1-21(2)6-5-12-14(22)8-17-18(20(12)27-21)19(23)13(9-24-17)11-3-4-15-16(7-11)26-10-25-15/h3-4,7-9,22H,5-6,10H2,1-2H3. The normalized spacial score (nSPS) is 16.8. The zero-order valence-corrected chi connectivity index (χ0v) is 15.0. The zero-order valence-electron chi connectivity index (χ0n) is 15.0. The molecule has 6 nitrogen and oxygen atoms in total. The van der Waals surface area contributed by atoms with E-state index in [2.05, 4.69) is 0 Å². The maximum Gasteiger partial charge on any atom is 0.231 e. The third-order valence-electron chi connectivity index (χ3n) is 5.14. The van der Waals surface area contributed by atoms with Gasteiger partial charge in [-0.25, -0.2) is 0 Å². The Bertz CT molecular complexity index is 1140. The summed E-state index contributed by atoms with van der Waals surface area (Å²) in [6, 6.07) is 6.81. The van der Waals surface area contributed by atoms with Crippen LogP contribution >= 0.6 is 0 Å². The lowest BCUT2D eigenvalue weighted by atomic mass is 9.92. The van der Waals surface area contributed by atoms with Gasteiger partial charge in [0.15, 0.2) is 11.5 Å². The van der Waals surface area contributed by atoms with E-state index in [1.54, 1.807) is 18.2 Å². The van der Waals surface area contributed by atoms with Gasteiger partial charge in [-0.3, -0.25) is 4.79 Å². The van der Waals surface area contributed by atoms with Crippen molar-refractivity contribution in [2.45, 2.75) is 32.3 Å². The van der Waals surface area contributed by atoms with Gasteiger partial charge in [-0.15, -0.1) is 0 Å². The number of phenolic OH excluding ortho intramolecular Hbond substituents is 1. The van der Waals surface area contributed by atoms with E-state index < -0.39 is 5.60 Å². The van der Waals surface area contributed by atoms with Crippen LogP contribution in [0, 0.1) is 0 Å². The van der Waals surface area contributed by atoms with E-state index in [1.807, 2.05) is 13.8 Å². The number of rotatable bonds is 1. The van der Waals surface area contributed by atoms with Gasteiger partial charge in [0, 0.05) is 11.6 Å². The Morgan fingerprint density at radius 1 is 1.11 bits per heavy atom. The molecule has 0 bridgehead atoms. The van der Waals surface area contributed by atoms with Gasteiger partial charge in [0.05, 0.1) is 5.56 Å². The first-order chi connectivity index (χ1) is 12.9. The van der Waals surface area contributed by atoms with E-state index in [-0.39, 0.29) is 18.0 Å². The Kier molecular flexibility index (Phi) is 3.22. The minimum absolute atomic E-state index is 0.0898. The molecule has 2 aliphatic heterocycles. The molecule has 0 saturated heterocycles. The van der Waals surface area contributed by atoms with E-state index in [0.29, 0.717) is 51.3 Å². The number of hydrogen-bond acceptors (Lipinski definition) is 6. The highest BCUT2D eigenvalue weighted by atomic mass is 16.7. The molecule has 138 valence electrons. The second kappa shape index (κ2) is 5.42. The molecule has 2 aromatic carbocycles. The van der Waals surface area contributed by atoms with Crippen molar-refractivity contribution in [3.05, 3.63) is 46.3 Å². The summed E-state index contributed by atoms with van der Waals surface area (Å²) < 4.78 is 22.5. The molecule has 0 amide bonds. The first-order valence-corrected chi connectivity index (χ1v) is 8.82. The SMILES string of the molecule is CC1(C)CCc2c(O)cc3occ(-c4ccc5c(c4)OCO5)c(=O)c3c2O1. The molecule has 0 unspecified atom stereocenters. The van der Waals surface area contributed by atoms with Crippen LogP contribution in [0.5, 0.6) is 23.0 Å². The lowest BCUT2D eigenvalue weighted by Gasteiger charge is -2.33. The van der Waals surface area contributed by atoms with Gasteiger partial charge in [0.2, 0.25) is 12.2 Å². The molecule has 3 heterocycles. The maximum atomic E-state index is 13.3. The summed E-state index contributed by atoms with van der Waals surface area (Å²) in [6.45, 7) is 4.10. The number of ether oxygens (including phenoxy) is 3. The van der Waals surface area contributed by atoms with Crippen molar-refractivity contribution in [1.29, 1.82) is 0 Å². The van der Waals surface area contributed by atoms with E-state index in [9.17, 15) is 9.90 Å². The molecular formula is C21H18O6. The molecule has 5 rings (SSSR count). The summed E-state index contributed by atoms with van der Waals surface area (Å²) in [5.74, 6) is 1.75. The Hall–Kier alpha value is -3.15. The second-order valence-electron chi connectivity index (χ2n) is 7.48. The highest BCUT2D eigenvalue weighted by Gasteiger charge is 2.32. The van der Waals surface area contributed by atoms with E-state index in [0.717, 1.165) is 6.42 Å². The van der Waals surface area contributed by atoms with Gasteiger partial charge in [-0.05, 0) is 44.4 Å². The lowest BCUT2D eigenvalue weighted by Crippen LogP contribution is -2.33. The van der Waals surface area contributed by atoms with Crippen LogP contribution in [0.3, 0.4) is 0 Å². The number of phenols is 1. The minimum atomic E-state index is -0.422. The van der Waals surface area contributed by atoms with Gasteiger partial charge in [-0.1, -0.05) is 6.07 Å². The summed E-state index contributed by atoms with van der Waals surface area (Å²) in [7, 11) is 0. The predicted molar refractivity (Wildman–Crippen MR) is 98.7 cm³/mol. The summed E-state index contributed by atoms with van der Waals surface area (Å²) in [5.41, 5.74) is 1.40. The van der Waals surface area contributed by atoms with Crippen molar-refractivity contribution >= 4 is 11.0 Å². The van der Waals surface area contributed by atoms with Crippen molar-refractivity contribution in [2.24, 2.45) is 0 Å². The van der Waals surface area contributed by atoms with Crippen molar-refractivity contribution in [2.75, 3.05) is 6.79 Å². The van der Waals surface area contributed by atoms with E-state index in [4.69, 9.17) is 18.6 Å². The minimum Gasteiger partial charge on any atom is -0.507 e. The Labute approximate surface area is 154 Å². The molecule has 2 aliphatic rings. The Morgan fingerprint density at radius 3 is 2.78 bits per heavy atom. The molecule has 0 radical (unpaired) electrons. The van der Waals surface area contributed by atoms with E-state index >= 15 is 0 Å². The summed E-state index contributed by atoms with van der Waals surface area (Å²) >= 11 is 0. The molecule has 0 atom stereocenters. The summed E-state index contributed by atoms with van der Waals surface area (Å²) in [5, 5.41) is 10.7. The van der Waals surface area contributed by atoms with Gasteiger partial charge in [-0.2, -0.15) is 0 Å². The average molecular weight is 366 g/mol. The highest BCUT2D eigenvalue weighted by Crippen LogP contribution is 2.43. The molecule has 1 aromatic heterocycles. The Morgan fingerprint density at radius 2 is 1.93 bits per heavy atom. The summed E-state index contributed by atoms with van der Waals surface area (Å²) in [6.07, 6.45) is 2.80. The fourth-order valence-electron chi connectivity index (χ4n) is 3.65. The van der Waals surface area contributed by atoms with Crippen molar-refractivity contribution in [1.82, 2.24) is 0 Å². The summed E-state index contributed by atoms with van der Waals surface area (Å²) in [4.78, 5) is 13.3. The predicted octanol–water partition coefficient (Wildman–Crippen LogP) is 4.00. The lowest BCUT2D eigenvalue weighted by molar-refractivity contribution is 0.0857. The van der Waals surface area contributed by atoms with Crippen LogP contribution < -0.4 is 19.6 Å². The van der Waals surface area contributed by atoms with Crippen LogP contribution in [0.25, 0.3) is 22.1 Å². The quantitative estimate of drug-likeness (QED) is 0.701.